The molecule has 0 saturated heterocycles. The highest BCUT2D eigenvalue weighted by atomic mass is 35.5. The Morgan fingerprint density at radius 1 is 1.00 bits per heavy atom. The molecule has 3 rings (SSSR count). The van der Waals surface area contributed by atoms with Crippen molar-refractivity contribution in [3.8, 4) is 5.75 Å². The fraction of sp³-hybridized carbons (Fsp3) is 0.355. The third-order valence-electron chi connectivity index (χ3n) is 6.71. The maximum Gasteiger partial charge on any atom is 0.264 e. The van der Waals surface area contributed by atoms with Crippen molar-refractivity contribution in [2.75, 3.05) is 24.5 Å². The number of sulfonamides is 1. The number of unbranched alkanes of at least 4 members (excludes halogenated alkanes) is 1. The number of carbonyl (C=O) groups is 2. The van der Waals surface area contributed by atoms with E-state index in [9.17, 15) is 18.0 Å². The van der Waals surface area contributed by atoms with Crippen molar-refractivity contribution in [1.82, 2.24) is 10.2 Å². The third-order valence-corrected chi connectivity index (χ3v) is 8.75. The molecule has 0 aliphatic heterocycles. The lowest BCUT2D eigenvalue weighted by atomic mass is 10.1. The first-order chi connectivity index (χ1) is 19.6. The van der Waals surface area contributed by atoms with Gasteiger partial charge in [0.05, 0.1) is 17.7 Å². The topological polar surface area (TPSA) is 96.0 Å². The number of anilines is 1. The molecule has 0 radical (unpaired) electrons. The quantitative estimate of drug-likeness (QED) is 0.244. The monoisotopic (exact) mass is 599 g/mol. The van der Waals surface area contributed by atoms with Crippen molar-refractivity contribution in [1.29, 1.82) is 0 Å². The Labute approximate surface area is 248 Å². The number of carbonyl (C=O) groups excluding carboxylic acids is 2. The van der Waals surface area contributed by atoms with Crippen molar-refractivity contribution in [3.05, 3.63) is 88.9 Å². The summed E-state index contributed by atoms with van der Waals surface area (Å²) in [4.78, 5) is 28.8. The zero-order valence-corrected chi connectivity index (χ0v) is 25.5. The summed E-state index contributed by atoms with van der Waals surface area (Å²) >= 11 is 6.01. The summed E-state index contributed by atoms with van der Waals surface area (Å²) < 4.78 is 34.2. The summed E-state index contributed by atoms with van der Waals surface area (Å²) in [6.07, 6.45) is 2.08. The number of nitrogens with one attached hydrogen (secondary N) is 1. The molecule has 0 spiro atoms. The van der Waals surface area contributed by atoms with Gasteiger partial charge in [-0.1, -0.05) is 61.7 Å². The molecule has 0 aliphatic carbocycles. The van der Waals surface area contributed by atoms with Crippen LogP contribution in [0.25, 0.3) is 0 Å². The number of methoxy groups -OCH3 is 1. The number of nitrogens with zero attached hydrogens (tertiary/aromatic N) is 2. The van der Waals surface area contributed by atoms with E-state index in [0.717, 1.165) is 28.3 Å². The fourth-order valence-electron chi connectivity index (χ4n) is 4.37. The zero-order valence-electron chi connectivity index (χ0n) is 24.0. The van der Waals surface area contributed by atoms with E-state index in [2.05, 4.69) is 5.32 Å². The zero-order chi connectivity index (χ0) is 30.0. The van der Waals surface area contributed by atoms with Gasteiger partial charge in [-0.25, -0.2) is 8.42 Å². The lowest BCUT2D eigenvalue weighted by Crippen LogP contribution is -2.52. The SMILES string of the molecule is CCCCNC(=O)[C@H](CC)N(Cc1cccc(OC)c1)C(=O)CN(c1ccc(C)cc1)S(=O)(=O)c1ccc(Cl)cc1. The van der Waals surface area contributed by atoms with Crippen LogP contribution in [0, 0.1) is 6.92 Å². The standard InChI is InChI=1S/C31H38ClN3O5S/c1-5-7-19-33-31(37)29(6-2)34(21-24-9-8-10-27(20-24)40-4)30(36)22-35(26-15-11-23(3)12-16-26)41(38,39)28-17-13-25(32)14-18-28/h8-18,20,29H,5-7,19,21-22H2,1-4H3,(H,33,37)/t29-/m0/s1. The second-order valence-electron chi connectivity index (χ2n) is 9.74. The van der Waals surface area contributed by atoms with Gasteiger partial charge >= 0.3 is 0 Å². The molecule has 1 atom stereocenters. The summed E-state index contributed by atoms with van der Waals surface area (Å²) in [5.41, 5.74) is 2.03. The van der Waals surface area contributed by atoms with Crippen LogP contribution in [-0.4, -0.2) is 51.4 Å². The molecule has 8 nitrogen and oxygen atoms in total. The average Bonchev–Trinajstić information content (AvgIpc) is 2.96. The van der Waals surface area contributed by atoms with Crippen LogP contribution in [0.1, 0.15) is 44.2 Å². The number of hydrogen-bond donors (Lipinski definition) is 1. The van der Waals surface area contributed by atoms with Crippen molar-refractivity contribution in [3.63, 3.8) is 0 Å². The predicted octanol–water partition coefficient (Wildman–Crippen LogP) is 5.58. The summed E-state index contributed by atoms with van der Waals surface area (Å²) in [6, 6.07) is 19.1. The van der Waals surface area contributed by atoms with E-state index in [-0.39, 0.29) is 17.3 Å². The minimum atomic E-state index is -4.16. The number of hydrogen-bond acceptors (Lipinski definition) is 5. The predicted molar refractivity (Wildman–Crippen MR) is 163 cm³/mol. The van der Waals surface area contributed by atoms with E-state index in [1.54, 1.807) is 43.5 Å². The van der Waals surface area contributed by atoms with Crippen molar-refractivity contribution in [2.24, 2.45) is 0 Å². The van der Waals surface area contributed by atoms with Gasteiger partial charge in [0.1, 0.15) is 18.3 Å². The molecule has 2 amide bonds. The normalized spacial score (nSPS) is 11.9. The Balaban J connectivity index is 2.04. The van der Waals surface area contributed by atoms with E-state index < -0.39 is 28.5 Å². The van der Waals surface area contributed by atoms with Gasteiger partial charge in [-0.3, -0.25) is 13.9 Å². The lowest BCUT2D eigenvalue weighted by molar-refractivity contribution is -0.140. The number of rotatable bonds is 14. The summed E-state index contributed by atoms with van der Waals surface area (Å²) in [7, 11) is -2.60. The van der Waals surface area contributed by atoms with E-state index in [1.807, 2.05) is 32.9 Å². The fourth-order valence-corrected chi connectivity index (χ4v) is 5.91. The Bertz CT molecular complexity index is 1410. The molecule has 0 bridgehead atoms. The molecular formula is C31H38ClN3O5S. The Hall–Kier alpha value is -3.56. The molecule has 0 saturated carbocycles. The van der Waals surface area contributed by atoms with Crippen LogP contribution in [0.5, 0.6) is 5.75 Å². The smallest absolute Gasteiger partial charge is 0.264 e. The average molecular weight is 600 g/mol. The highest BCUT2D eigenvalue weighted by molar-refractivity contribution is 7.92. The number of benzene rings is 3. The summed E-state index contributed by atoms with van der Waals surface area (Å²) in [5.74, 6) is -0.176. The first-order valence-electron chi connectivity index (χ1n) is 13.7. The molecule has 1 N–H and O–H groups in total. The van der Waals surface area contributed by atoms with Crippen molar-refractivity contribution in [2.45, 2.75) is 57.5 Å². The van der Waals surface area contributed by atoms with Gasteiger partial charge in [-0.15, -0.1) is 0 Å². The number of aryl methyl sites for hydroxylation is 1. The van der Waals surface area contributed by atoms with Gasteiger partial charge in [-0.05, 0) is 73.9 Å². The van der Waals surface area contributed by atoms with Crippen LogP contribution in [-0.2, 0) is 26.2 Å². The van der Waals surface area contributed by atoms with E-state index in [0.29, 0.717) is 29.4 Å². The van der Waals surface area contributed by atoms with E-state index in [1.165, 1.54) is 29.2 Å². The summed E-state index contributed by atoms with van der Waals surface area (Å²) in [5, 5.41) is 3.32. The van der Waals surface area contributed by atoms with Crippen LogP contribution in [0.2, 0.25) is 5.02 Å². The Morgan fingerprint density at radius 3 is 2.29 bits per heavy atom. The minimum absolute atomic E-state index is 0.000953. The second kappa shape index (κ2) is 14.9. The molecular weight excluding hydrogens is 562 g/mol. The minimum Gasteiger partial charge on any atom is -0.497 e. The van der Waals surface area contributed by atoms with Crippen molar-refractivity contribution < 1.29 is 22.7 Å². The Kier molecular flexibility index (Phi) is 11.6. The molecule has 0 unspecified atom stereocenters. The van der Waals surface area contributed by atoms with Crippen molar-refractivity contribution >= 4 is 39.1 Å². The summed E-state index contributed by atoms with van der Waals surface area (Å²) in [6.45, 7) is 5.84. The largest absolute Gasteiger partial charge is 0.497 e. The third kappa shape index (κ3) is 8.47. The van der Waals surface area contributed by atoms with Crippen LogP contribution in [0.4, 0.5) is 5.69 Å². The molecule has 0 aromatic heterocycles. The number of amides is 2. The maximum atomic E-state index is 14.1. The van der Waals surface area contributed by atoms with Gasteiger partial charge in [0, 0.05) is 18.1 Å². The maximum absolute atomic E-state index is 14.1. The first-order valence-corrected chi connectivity index (χ1v) is 15.5. The van der Waals surface area contributed by atoms with Crippen LogP contribution >= 0.6 is 11.6 Å². The van der Waals surface area contributed by atoms with Crippen LogP contribution < -0.4 is 14.4 Å². The molecule has 220 valence electrons. The first kappa shape index (κ1) is 32.0. The second-order valence-corrected chi connectivity index (χ2v) is 12.0. The molecule has 0 fully saturated rings. The van der Waals surface area contributed by atoms with Gasteiger partial charge in [0.15, 0.2) is 0 Å². The van der Waals surface area contributed by atoms with Crippen LogP contribution in [0.3, 0.4) is 0 Å². The highest BCUT2D eigenvalue weighted by Crippen LogP contribution is 2.26. The Morgan fingerprint density at radius 2 is 1.68 bits per heavy atom. The lowest BCUT2D eigenvalue weighted by Gasteiger charge is -2.33. The molecule has 0 heterocycles. The van der Waals surface area contributed by atoms with Gasteiger partial charge in [0.2, 0.25) is 11.8 Å². The molecule has 3 aromatic rings. The number of ether oxygens (including phenoxy) is 1. The van der Waals surface area contributed by atoms with Gasteiger partial charge in [-0.2, -0.15) is 0 Å². The molecule has 41 heavy (non-hydrogen) atoms. The van der Waals surface area contributed by atoms with Gasteiger partial charge in [0.25, 0.3) is 10.0 Å². The van der Waals surface area contributed by atoms with E-state index in [4.69, 9.17) is 16.3 Å². The molecule has 3 aromatic carbocycles. The number of halogens is 1. The van der Waals surface area contributed by atoms with E-state index >= 15 is 0 Å². The van der Waals surface area contributed by atoms with Gasteiger partial charge < -0.3 is 15.0 Å². The molecule has 10 heteroatoms. The van der Waals surface area contributed by atoms with Crippen LogP contribution in [0.15, 0.2) is 77.7 Å². The molecule has 0 aliphatic rings. The highest BCUT2D eigenvalue weighted by Gasteiger charge is 2.33.